The number of rotatable bonds is 4. The zero-order valence-corrected chi connectivity index (χ0v) is 13.7. The minimum Gasteiger partial charge on any atom is -0.314 e. The molecule has 0 fully saturated rings. The van der Waals surface area contributed by atoms with E-state index in [-0.39, 0.29) is 18.1 Å². The number of anilines is 2. The summed E-state index contributed by atoms with van der Waals surface area (Å²) in [5.41, 5.74) is 0.0752. The van der Waals surface area contributed by atoms with Gasteiger partial charge in [-0.15, -0.1) is 0 Å². The van der Waals surface area contributed by atoms with Crippen LogP contribution < -0.4 is 9.80 Å². The first-order valence-corrected chi connectivity index (χ1v) is 7.47. The van der Waals surface area contributed by atoms with Gasteiger partial charge < -0.3 is 9.80 Å². The lowest BCUT2D eigenvalue weighted by Crippen LogP contribution is -2.40. The molecule has 0 atom stereocenters. The van der Waals surface area contributed by atoms with E-state index >= 15 is 0 Å². The highest BCUT2D eigenvalue weighted by molar-refractivity contribution is 6.02. The number of benzene rings is 2. The second kappa shape index (κ2) is 7.38. The SMILES string of the molecule is CC(=O)N(CC(=O)N(C)c1ccccc1)c1ccc(C(F)(F)F)cc1. The van der Waals surface area contributed by atoms with Gasteiger partial charge in [-0.2, -0.15) is 13.2 Å². The van der Waals surface area contributed by atoms with E-state index in [2.05, 4.69) is 0 Å². The Morgan fingerprint density at radius 2 is 1.48 bits per heavy atom. The van der Waals surface area contributed by atoms with Crippen LogP contribution in [0.1, 0.15) is 12.5 Å². The first kappa shape index (κ1) is 18.5. The fourth-order valence-electron chi connectivity index (χ4n) is 2.25. The maximum Gasteiger partial charge on any atom is 0.416 e. The van der Waals surface area contributed by atoms with E-state index < -0.39 is 17.6 Å². The number of nitrogens with zero attached hydrogens (tertiary/aromatic N) is 2. The molecule has 2 aromatic carbocycles. The molecule has 2 amide bonds. The molecule has 0 saturated carbocycles. The van der Waals surface area contributed by atoms with Crippen molar-refractivity contribution in [2.24, 2.45) is 0 Å². The predicted molar refractivity (Wildman–Crippen MR) is 89.3 cm³/mol. The molecule has 2 rings (SSSR count). The molecule has 0 aliphatic heterocycles. The minimum atomic E-state index is -4.46. The number of para-hydroxylation sites is 1. The third kappa shape index (κ3) is 4.59. The zero-order chi connectivity index (χ0) is 18.6. The van der Waals surface area contributed by atoms with E-state index in [1.54, 1.807) is 31.3 Å². The molecule has 7 heteroatoms. The maximum atomic E-state index is 12.6. The van der Waals surface area contributed by atoms with Gasteiger partial charge in [0.1, 0.15) is 6.54 Å². The van der Waals surface area contributed by atoms with Gasteiger partial charge in [0.05, 0.1) is 5.56 Å². The van der Waals surface area contributed by atoms with Crippen LogP contribution in [0.15, 0.2) is 54.6 Å². The normalized spacial score (nSPS) is 11.1. The first-order valence-electron chi connectivity index (χ1n) is 7.47. The van der Waals surface area contributed by atoms with Crippen molar-refractivity contribution >= 4 is 23.2 Å². The second-order valence-electron chi connectivity index (χ2n) is 5.44. The smallest absolute Gasteiger partial charge is 0.314 e. The summed E-state index contributed by atoms with van der Waals surface area (Å²) in [6.45, 7) is 0.986. The van der Waals surface area contributed by atoms with Gasteiger partial charge in [-0.25, -0.2) is 0 Å². The van der Waals surface area contributed by atoms with Crippen molar-refractivity contribution in [2.75, 3.05) is 23.4 Å². The van der Waals surface area contributed by atoms with E-state index in [9.17, 15) is 22.8 Å². The third-order valence-electron chi connectivity index (χ3n) is 3.70. The lowest BCUT2D eigenvalue weighted by Gasteiger charge is -2.24. The number of hydrogen-bond acceptors (Lipinski definition) is 2. The summed E-state index contributed by atoms with van der Waals surface area (Å²) >= 11 is 0. The van der Waals surface area contributed by atoms with E-state index in [0.717, 1.165) is 17.0 Å². The van der Waals surface area contributed by atoms with Crippen LogP contribution in [0.4, 0.5) is 24.5 Å². The Balaban J connectivity index is 2.18. The van der Waals surface area contributed by atoms with Gasteiger partial charge in [0.2, 0.25) is 11.8 Å². The fraction of sp³-hybridized carbons (Fsp3) is 0.222. The highest BCUT2D eigenvalue weighted by Crippen LogP contribution is 2.30. The Bertz CT molecular complexity index is 743. The monoisotopic (exact) mass is 350 g/mol. The van der Waals surface area contributed by atoms with Gasteiger partial charge in [0.25, 0.3) is 0 Å². The average Bonchev–Trinajstić information content (AvgIpc) is 2.58. The van der Waals surface area contributed by atoms with Crippen LogP contribution in [0.5, 0.6) is 0 Å². The van der Waals surface area contributed by atoms with Gasteiger partial charge in [-0.3, -0.25) is 9.59 Å². The van der Waals surface area contributed by atoms with E-state index in [0.29, 0.717) is 5.69 Å². The average molecular weight is 350 g/mol. The molecule has 0 aliphatic rings. The number of carbonyl (C=O) groups excluding carboxylic acids is 2. The highest BCUT2D eigenvalue weighted by atomic mass is 19.4. The van der Waals surface area contributed by atoms with Crippen LogP contribution in [0.2, 0.25) is 0 Å². The van der Waals surface area contributed by atoms with Crippen LogP contribution in [0.3, 0.4) is 0 Å². The molecule has 25 heavy (non-hydrogen) atoms. The summed E-state index contributed by atoms with van der Waals surface area (Å²) in [7, 11) is 1.57. The fourth-order valence-corrected chi connectivity index (χ4v) is 2.25. The largest absolute Gasteiger partial charge is 0.416 e. The topological polar surface area (TPSA) is 40.6 Å². The molecule has 0 aliphatic carbocycles. The van der Waals surface area contributed by atoms with Crippen molar-refractivity contribution < 1.29 is 22.8 Å². The van der Waals surface area contributed by atoms with Crippen LogP contribution in [-0.2, 0) is 15.8 Å². The molecule has 2 aromatic rings. The molecule has 0 heterocycles. The summed E-state index contributed by atoms with van der Waals surface area (Å²) in [4.78, 5) is 26.8. The zero-order valence-electron chi connectivity index (χ0n) is 13.7. The Kier molecular flexibility index (Phi) is 5.46. The van der Waals surface area contributed by atoms with Gasteiger partial charge in [0.15, 0.2) is 0 Å². The van der Waals surface area contributed by atoms with Crippen molar-refractivity contribution in [3.8, 4) is 0 Å². The Morgan fingerprint density at radius 3 is 1.96 bits per heavy atom. The minimum absolute atomic E-state index is 0.232. The molecular formula is C18H17F3N2O2. The Hall–Kier alpha value is -2.83. The van der Waals surface area contributed by atoms with Gasteiger partial charge >= 0.3 is 6.18 Å². The lowest BCUT2D eigenvalue weighted by atomic mass is 10.2. The molecular weight excluding hydrogens is 333 g/mol. The van der Waals surface area contributed by atoms with Gasteiger partial charge in [0, 0.05) is 25.3 Å². The van der Waals surface area contributed by atoms with Crippen molar-refractivity contribution in [3.05, 3.63) is 60.2 Å². The molecule has 0 saturated heterocycles. The van der Waals surface area contributed by atoms with Gasteiger partial charge in [-0.1, -0.05) is 18.2 Å². The van der Waals surface area contributed by atoms with Crippen molar-refractivity contribution in [3.63, 3.8) is 0 Å². The lowest BCUT2D eigenvalue weighted by molar-refractivity contribution is -0.137. The highest BCUT2D eigenvalue weighted by Gasteiger charge is 2.30. The van der Waals surface area contributed by atoms with E-state index in [4.69, 9.17) is 0 Å². The summed E-state index contributed by atoms with van der Waals surface area (Å²) < 4.78 is 37.9. The number of halogens is 3. The summed E-state index contributed by atoms with van der Waals surface area (Å²) in [5.74, 6) is -0.795. The Morgan fingerprint density at radius 1 is 0.920 bits per heavy atom. The van der Waals surface area contributed by atoms with Crippen molar-refractivity contribution in [2.45, 2.75) is 13.1 Å². The second-order valence-corrected chi connectivity index (χ2v) is 5.44. The van der Waals surface area contributed by atoms with Crippen LogP contribution >= 0.6 is 0 Å². The van der Waals surface area contributed by atoms with Crippen molar-refractivity contribution in [1.82, 2.24) is 0 Å². The first-order chi connectivity index (χ1) is 11.7. The molecule has 0 radical (unpaired) electrons. The van der Waals surface area contributed by atoms with E-state index in [1.807, 2.05) is 6.07 Å². The number of alkyl halides is 3. The van der Waals surface area contributed by atoms with Crippen LogP contribution in [0, 0.1) is 0 Å². The number of hydrogen-bond donors (Lipinski definition) is 0. The predicted octanol–water partition coefficient (Wildman–Crippen LogP) is 3.72. The molecule has 0 N–H and O–H groups in total. The maximum absolute atomic E-state index is 12.6. The molecule has 132 valence electrons. The van der Waals surface area contributed by atoms with Crippen LogP contribution in [0.25, 0.3) is 0 Å². The number of carbonyl (C=O) groups is 2. The van der Waals surface area contributed by atoms with Gasteiger partial charge in [-0.05, 0) is 36.4 Å². The molecule has 0 bridgehead atoms. The Labute approximate surface area is 143 Å². The van der Waals surface area contributed by atoms with Crippen LogP contribution in [-0.4, -0.2) is 25.4 Å². The standard InChI is InChI=1S/C18H17F3N2O2/c1-13(24)23(16-10-8-14(9-11-16)18(19,20)21)12-17(25)22(2)15-6-4-3-5-7-15/h3-11H,12H2,1-2H3. The summed E-state index contributed by atoms with van der Waals surface area (Å²) in [6.07, 6.45) is -4.46. The summed E-state index contributed by atoms with van der Waals surface area (Å²) in [6, 6.07) is 13.0. The number of amides is 2. The molecule has 0 spiro atoms. The van der Waals surface area contributed by atoms with Crippen molar-refractivity contribution in [1.29, 1.82) is 0 Å². The molecule has 0 aromatic heterocycles. The quantitative estimate of drug-likeness (QED) is 0.843. The summed E-state index contributed by atoms with van der Waals surface area (Å²) in [5, 5.41) is 0. The molecule has 0 unspecified atom stereocenters. The third-order valence-corrected chi connectivity index (χ3v) is 3.70. The van der Waals surface area contributed by atoms with E-state index in [1.165, 1.54) is 24.0 Å². The number of likely N-dealkylation sites (N-methyl/N-ethyl adjacent to an activating group) is 1. The molecule has 4 nitrogen and oxygen atoms in total.